The van der Waals surface area contributed by atoms with E-state index in [4.69, 9.17) is 4.74 Å². The highest BCUT2D eigenvalue weighted by Crippen LogP contribution is 2.28. The molecule has 2 aliphatic rings. The summed E-state index contributed by atoms with van der Waals surface area (Å²) in [4.78, 5) is 45.3. The van der Waals surface area contributed by atoms with Crippen LogP contribution in [0.3, 0.4) is 0 Å². The van der Waals surface area contributed by atoms with Gasteiger partial charge in [0.25, 0.3) is 0 Å². The minimum atomic E-state index is -1.11. The maximum absolute atomic E-state index is 13.9. The molecule has 3 N–H and O–H groups in total. The van der Waals surface area contributed by atoms with E-state index >= 15 is 0 Å². The van der Waals surface area contributed by atoms with Crippen LogP contribution in [0.1, 0.15) is 48.9 Å². The van der Waals surface area contributed by atoms with Crippen LogP contribution in [0.25, 0.3) is 0 Å². The van der Waals surface area contributed by atoms with Crippen LogP contribution in [0, 0.1) is 11.6 Å². The van der Waals surface area contributed by atoms with Gasteiger partial charge in [-0.2, -0.15) is 0 Å². The number of carbonyl (C=O) groups is 3. The predicted molar refractivity (Wildman–Crippen MR) is 152 cm³/mol. The van der Waals surface area contributed by atoms with E-state index in [1.54, 1.807) is 0 Å². The van der Waals surface area contributed by atoms with Crippen molar-refractivity contribution in [3.8, 4) is 0 Å². The number of ether oxygens (including phenoxy) is 1. The first kappa shape index (κ1) is 33.9. The zero-order valence-corrected chi connectivity index (χ0v) is 24.1. The van der Waals surface area contributed by atoms with Crippen molar-refractivity contribution in [1.82, 2.24) is 30.7 Å². The van der Waals surface area contributed by atoms with Crippen LogP contribution in [-0.2, 0) is 14.3 Å². The Kier molecular flexibility index (Phi) is 13.4. The number of aromatic nitrogens is 1. The highest BCUT2D eigenvalue weighted by atomic mass is 35.5. The lowest BCUT2D eigenvalue weighted by Crippen LogP contribution is -2.52. The molecule has 1 fully saturated rings. The van der Waals surface area contributed by atoms with Gasteiger partial charge in [-0.05, 0) is 68.7 Å². The van der Waals surface area contributed by atoms with E-state index in [0.29, 0.717) is 18.7 Å². The first-order valence-corrected chi connectivity index (χ1v) is 12.8. The summed E-state index contributed by atoms with van der Waals surface area (Å²) in [6.07, 6.45) is 4.94. The van der Waals surface area contributed by atoms with Gasteiger partial charge in [0, 0.05) is 31.3 Å². The van der Waals surface area contributed by atoms with Gasteiger partial charge in [-0.3, -0.25) is 24.8 Å². The van der Waals surface area contributed by atoms with Gasteiger partial charge in [-0.25, -0.2) is 13.6 Å². The zero-order chi connectivity index (χ0) is 27.8. The van der Waals surface area contributed by atoms with Gasteiger partial charge in [0.05, 0.1) is 11.7 Å². The number of amides is 4. The first-order chi connectivity index (χ1) is 18.9. The van der Waals surface area contributed by atoms with Gasteiger partial charge in [0.2, 0.25) is 12.3 Å². The average molecular weight is 616 g/mol. The lowest BCUT2D eigenvalue weighted by molar-refractivity contribution is -0.134. The molecule has 0 radical (unpaired) electrons. The van der Waals surface area contributed by atoms with Gasteiger partial charge >= 0.3 is 6.03 Å². The minimum Gasteiger partial charge on any atom is -0.364 e. The molecule has 1 unspecified atom stereocenters. The number of nitrogens with zero attached hydrogens (tertiary/aromatic N) is 3. The standard InChI is InChI=1S/C27H32F2N6O4.2ClH/c1-39-17-35(23(37)6-4-12-34-13-9-18(10-14-34)22-5-2-3-11-30-22)26-25(31-16-36)24(32-27(38)33-26)19-7-8-20(28)21(29)15-19;;/h2-3,5,7-8,11,15-16,18,24H,4,6,9-10,12-14,17H2,1H3,(H,31,36)(H2,32,33,38);2*1H. The van der Waals surface area contributed by atoms with Crippen LogP contribution in [0.5, 0.6) is 0 Å². The molecule has 0 bridgehead atoms. The lowest BCUT2D eigenvalue weighted by atomic mass is 9.93. The third-order valence-electron chi connectivity index (χ3n) is 6.93. The minimum absolute atomic E-state index is 0. The Bertz CT molecular complexity index is 1220. The number of methoxy groups -OCH3 is 1. The molecule has 3 heterocycles. The summed E-state index contributed by atoms with van der Waals surface area (Å²) in [7, 11) is 1.40. The molecule has 0 aliphatic carbocycles. The first-order valence-electron chi connectivity index (χ1n) is 12.8. The molecule has 4 amide bonds. The van der Waals surface area contributed by atoms with Gasteiger partial charge in [-0.15, -0.1) is 24.8 Å². The number of rotatable bonds is 11. The molecular weight excluding hydrogens is 581 g/mol. The van der Waals surface area contributed by atoms with E-state index < -0.39 is 23.7 Å². The SMILES string of the molecule is COCN(C(=O)CCCN1CCC(c2ccccn2)CC1)C1=C(NC=O)C(c2ccc(F)c(F)c2)NC(=O)N1.Cl.Cl. The molecule has 0 spiro atoms. The molecule has 1 aromatic carbocycles. The van der Waals surface area contributed by atoms with Crippen LogP contribution >= 0.6 is 24.8 Å². The molecule has 4 rings (SSSR count). The zero-order valence-electron chi connectivity index (χ0n) is 22.5. The van der Waals surface area contributed by atoms with Crippen LogP contribution in [0.15, 0.2) is 54.1 Å². The summed E-state index contributed by atoms with van der Waals surface area (Å²) in [6.45, 7) is 2.35. The molecule has 0 saturated carbocycles. The molecule has 14 heteroatoms. The number of nitrogens with one attached hydrogen (secondary N) is 3. The van der Waals surface area contributed by atoms with Gasteiger partial charge in [0.15, 0.2) is 11.6 Å². The van der Waals surface area contributed by atoms with Gasteiger partial charge < -0.3 is 20.3 Å². The molecule has 2 aliphatic heterocycles. The van der Waals surface area contributed by atoms with Crippen molar-refractivity contribution >= 4 is 43.2 Å². The van der Waals surface area contributed by atoms with E-state index in [1.165, 1.54) is 18.1 Å². The van der Waals surface area contributed by atoms with Crippen molar-refractivity contribution in [3.05, 3.63) is 77.0 Å². The molecule has 1 atom stereocenters. The molecule has 224 valence electrons. The molecule has 1 saturated heterocycles. The Labute approximate surface area is 249 Å². The number of urea groups is 1. The predicted octanol–water partition coefficient (Wildman–Crippen LogP) is 3.56. The van der Waals surface area contributed by atoms with E-state index in [-0.39, 0.29) is 61.0 Å². The largest absolute Gasteiger partial charge is 0.364 e. The number of halogens is 4. The van der Waals surface area contributed by atoms with Gasteiger partial charge in [-0.1, -0.05) is 12.1 Å². The Morgan fingerprint density at radius 2 is 1.95 bits per heavy atom. The average Bonchev–Trinajstić information content (AvgIpc) is 2.95. The van der Waals surface area contributed by atoms with Crippen LogP contribution in [0.4, 0.5) is 13.6 Å². The summed E-state index contributed by atoms with van der Waals surface area (Å²) in [5.74, 6) is -2.05. The second-order valence-corrected chi connectivity index (χ2v) is 9.44. The van der Waals surface area contributed by atoms with E-state index in [9.17, 15) is 23.2 Å². The van der Waals surface area contributed by atoms with E-state index in [1.807, 2.05) is 18.3 Å². The Hall–Kier alpha value is -3.32. The molecule has 2 aromatic rings. The Morgan fingerprint density at radius 1 is 1.20 bits per heavy atom. The molecule has 41 heavy (non-hydrogen) atoms. The van der Waals surface area contributed by atoms with Crippen molar-refractivity contribution in [1.29, 1.82) is 0 Å². The Morgan fingerprint density at radius 3 is 2.59 bits per heavy atom. The number of piperidine rings is 1. The van der Waals surface area contributed by atoms with E-state index in [0.717, 1.165) is 50.3 Å². The Balaban J connectivity index is 0.00000294. The van der Waals surface area contributed by atoms with Crippen molar-refractivity contribution in [2.45, 2.75) is 37.6 Å². The van der Waals surface area contributed by atoms with Crippen molar-refractivity contribution in [2.75, 3.05) is 33.5 Å². The monoisotopic (exact) mass is 614 g/mol. The quantitative estimate of drug-likeness (QED) is 0.263. The van der Waals surface area contributed by atoms with Gasteiger partial charge in [0.1, 0.15) is 12.6 Å². The number of hydrogen-bond acceptors (Lipinski definition) is 6. The number of carbonyl (C=O) groups excluding carboxylic acids is 3. The smallest absolute Gasteiger partial charge is 0.321 e. The highest BCUT2D eigenvalue weighted by molar-refractivity contribution is 5.86. The number of pyridine rings is 1. The normalized spacial score (nSPS) is 17.4. The number of benzene rings is 1. The summed E-state index contributed by atoms with van der Waals surface area (Å²) < 4.78 is 32.7. The number of hydrogen-bond donors (Lipinski definition) is 3. The van der Waals surface area contributed by atoms with Crippen molar-refractivity contribution < 1.29 is 27.9 Å². The highest BCUT2D eigenvalue weighted by Gasteiger charge is 2.34. The topological polar surface area (TPSA) is 116 Å². The molecule has 10 nitrogen and oxygen atoms in total. The van der Waals surface area contributed by atoms with E-state index in [2.05, 4.69) is 31.9 Å². The molecular formula is C27H34Cl2F2N6O4. The fraction of sp³-hybridized carbons (Fsp3) is 0.407. The molecule has 1 aromatic heterocycles. The van der Waals surface area contributed by atoms with Crippen LogP contribution in [-0.4, -0.2) is 66.6 Å². The number of likely N-dealkylation sites (tertiary alicyclic amines) is 1. The van der Waals surface area contributed by atoms with Crippen LogP contribution in [0.2, 0.25) is 0 Å². The van der Waals surface area contributed by atoms with Crippen molar-refractivity contribution in [2.24, 2.45) is 0 Å². The second-order valence-electron chi connectivity index (χ2n) is 9.44. The van der Waals surface area contributed by atoms with Crippen molar-refractivity contribution in [3.63, 3.8) is 0 Å². The summed E-state index contributed by atoms with van der Waals surface area (Å²) >= 11 is 0. The lowest BCUT2D eigenvalue weighted by Gasteiger charge is -2.35. The third-order valence-corrected chi connectivity index (χ3v) is 6.93. The maximum Gasteiger partial charge on any atom is 0.321 e. The fourth-order valence-electron chi connectivity index (χ4n) is 4.97. The summed E-state index contributed by atoms with van der Waals surface area (Å²) in [5, 5.41) is 7.63. The third kappa shape index (κ3) is 8.59. The summed E-state index contributed by atoms with van der Waals surface area (Å²) in [5.41, 5.74) is 1.39. The fourth-order valence-corrected chi connectivity index (χ4v) is 4.97. The summed E-state index contributed by atoms with van der Waals surface area (Å²) in [6, 6.07) is 7.39. The van der Waals surface area contributed by atoms with Crippen LogP contribution < -0.4 is 16.0 Å². The second kappa shape index (κ2) is 16.2. The maximum atomic E-state index is 13.9.